The van der Waals surface area contributed by atoms with Gasteiger partial charge in [-0.3, -0.25) is 0 Å². The summed E-state index contributed by atoms with van der Waals surface area (Å²) < 4.78 is 61.7. The Morgan fingerprint density at radius 3 is 2.00 bits per heavy atom. The third-order valence-electron chi connectivity index (χ3n) is 1.60. The molecule has 1 aromatic carbocycles. The predicted octanol–water partition coefficient (Wildman–Crippen LogP) is 4.76. The molecule has 0 heterocycles. The molecule has 0 N–H and O–H groups in total. The van der Waals surface area contributed by atoms with Gasteiger partial charge in [0, 0.05) is 4.47 Å². The normalized spacial score (nSPS) is 13.0. The minimum absolute atomic E-state index is 0.171. The lowest BCUT2D eigenvalue weighted by molar-refractivity contribution is -0.137. The third-order valence-corrected chi connectivity index (χ3v) is 2.49. The summed E-state index contributed by atoms with van der Waals surface area (Å²) in [4.78, 5) is 0. The second-order valence-corrected chi connectivity index (χ2v) is 4.02. The molecule has 84 valence electrons. The average Bonchev–Trinajstić information content (AvgIpc) is 2.00. The van der Waals surface area contributed by atoms with Gasteiger partial charge in [0.05, 0.1) is 11.1 Å². The Morgan fingerprint density at radius 2 is 1.60 bits per heavy atom. The van der Waals surface area contributed by atoms with Crippen LogP contribution in [-0.2, 0) is 11.6 Å². The predicted molar refractivity (Wildman–Crippen MR) is 48.9 cm³/mol. The SMILES string of the molecule is FC(F)(F)c1ccc(Br)c(C(F)(F)Cl)c1. The van der Waals surface area contributed by atoms with Gasteiger partial charge in [0.2, 0.25) is 0 Å². The van der Waals surface area contributed by atoms with E-state index in [0.29, 0.717) is 12.1 Å². The molecule has 0 atom stereocenters. The Bertz CT molecular complexity index is 368. The second kappa shape index (κ2) is 3.90. The van der Waals surface area contributed by atoms with E-state index in [0.717, 1.165) is 6.07 Å². The van der Waals surface area contributed by atoms with Crippen LogP contribution in [0.15, 0.2) is 22.7 Å². The molecule has 0 aliphatic carbocycles. The van der Waals surface area contributed by atoms with Crippen molar-refractivity contribution in [2.45, 2.75) is 11.6 Å². The van der Waals surface area contributed by atoms with Crippen molar-refractivity contribution < 1.29 is 22.0 Å². The summed E-state index contributed by atoms with van der Waals surface area (Å²) in [5.74, 6) is 0. The Kier molecular flexibility index (Phi) is 3.30. The van der Waals surface area contributed by atoms with Crippen LogP contribution in [0.25, 0.3) is 0 Å². The molecular formula is C8H3BrClF5. The Morgan fingerprint density at radius 1 is 1.07 bits per heavy atom. The zero-order valence-electron chi connectivity index (χ0n) is 6.88. The van der Waals surface area contributed by atoms with Gasteiger partial charge >= 0.3 is 11.6 Å². The summed E-state index contributed by atoms with van der Waals surface area (Å²) in [5.41, 5.74) is -2.07. The Labute approximate surface area is 95.2 Å². The number of hydrogen-bond acceptors (Lipinski definition) is 0. The first-order chi connectivity index (χ1) is 6.62. The summed E-state index contributed by atoms with van der Waals surface area (Å²) in [5, 5.41) is -3.83. The van der Waals surface area contributed by atoms with Crippen LogP contribution in [-0.4, -0.2) is 0 Å². The highest BCUT2D eigenvalue weighted by molar-refractivity contribution is 9.10. The van der Waals surface area contributed by atoms with Gasteiger partial charge in [-0.15, -0.1) is 0 Å². The molecule has 0 saturated heterocycles. The zero-order chi connectivity index (χ0) is 11.9. The summed E-state index contributed by atoms with van der Waals surface area (Å²) >= 11 is 7.36. The van der Waals surface area contributed by atoms with Crippen LogP contribution in [0.4, 0.5) is 22.0 Å². The van der Waals surface area contributed by atoms with E-state index in [2.05, 4.69) is 27.5 Å². The lowest BCUT2D eigenvalue weighted by atomic mass is 10.1. The molecule has 0 unspecified atom stereocenters. The van der Waals surface area contributed by atoms with E-state index >= 15 is 0 Å². The van der Waals surface area contributed by atoms with Crippen LogP contribution >= 0.6 is 27.5 Å². The van der Waals surface area contributed by atoms with Gasteiger partial charge in [-0.2, -0.15) is 22.0 Å². The molecular weight excluding hydrogens is 306 g/mol. The number of rotatable bonds is 1. The third kappa shape index (κ3) is 3.04. The molecule has 0 radical (unpaired) electrons. The molecule has 15 heavy (non-hydrogen) atoms. The maximum Gasteiger partial charge on any atom is 0.416 e. The van der Waals surface area contributed by atoms with Crippen molar-refractivity contribution in [2.75, 3.05) is 0 Å². The van der Waals surface area contributed by atoms with E-state index in [9.17, 15) is 22.0 Å². The fourth-order valence-electron chi connectivity index (χ4n) is 0.919. The van der Waals surface area contributed by atoms with Gasteiger partial charge in [-0.05, 0) is 29.8 Å². The molecule has 7 heteroatoms. The van der Waals surface area contributed by atoms with Crippen molar-refractivity contribution in [1.29, 1.82) is 0 Å². The zero-order valence-corrected chi connectivity index (χ0v) is 9.22. The molecule has 0 nitrogen and oxygen atoms in total. The topological polar surface area (TPSA) is 0 Å². The van der Waals surface area contributed by atoms with Crippen LogP contribution in [0, 0.1) is 0 Å². The second-order valence-electron chi connectivity index (χ2n) is 2.69. The number of benzene rings is 1. The van der Waals surface area contributed by atoms with E-state index in [-0.39, 0.29) is 4.47 Å². The summed E-state index contributed by atoms with van der Waals surface area (Å²) in [6.07, 6.45) is -4.67. The molecule has 0 bridgehead atoms. The number of halogens is 7. The molecule has 0 spiro atoms. The van der Waals surface area contributed by atoms with Crippen LogP contribution in [0.1, 0.15) is 11.1 Å². The van der Waals surface area contributed by atoms with Gasteiger partial charge in [0.15, 0.2) is 0 Å². The fourth-order valence-corrected chi connectivity index (χ4v) is 1.68. The van der Waals surface area contributed by atoms with E-state index < -0.39 is 22.7 Å². The largest absolute Gasteiger partial charge is 0.416 e. The van der Waals surface area contributed by atoms with Gasteiger partial charge in [0.1, 0.15) is 0 Å². The highest BCUT2D eigenvalue weighted by atomic mass is 79.9. The first kappa shape index (κ1) is 12.7. The maximum atomic E-state index is 12.7. The van der Waals surface area contributed by atoms with Crippen molar-refractivity contribution in [2.24, 2.45) is 0 Å². The summed E-state index contributed by atoms with van der Waals surface area (Å²) in [7, 11) is 0. The highest BCUT2D eigenvalue weighted by Crippen LogP contribution is 2.40. The van der Waals surface area contributed by atoms with Gasteiger partial charge in [0.25, 0.3) is 0 Å². The minimum Gasteiger partial charge on any atom is -0.183 e. The minimum atomic E-state index is -4.67. The molecule has 0 fully saturated rings. The molecule has 1 aromatic rings. The van der Waals surface area contributed by atoms with E-state index in [4.69, 9.17) is 0 Å². The van der Waals surface area contributed by atoms with E-state index in [1.54, 1.807) is 0 Å². The number of hydrogen-bond donors (Lipinski definition) is 0. The molecule has 0 saturated carbocycles. The lowest BCUT2D eigenvalue weighted by Crippen LogP contribution is -2.10. The van der Waals surface area contributed by atoms with Crippen LogP contribution < -0.4 is 0 Å². The van der Waals surface area contributed by atoms with Crippen molar-refractivity contribution in [1.82, 2.24) is 0 Å². The first-order valence-corrected chi connectivity index (χ1v) is 4.73. The summed E-state index contributed by atoms with van der Waals surface area (Å²) in [6, 6.07) is 1.89. The Balaban J connectivity index is 3.30. The average molecular weight is 309 g/mol. The van der Waals surface area contributed by atoms with Crippen molar-refractivity contribution in [3.8, 4) is 0 Å². The lowest BCUT2D eigenvalue weighted by Gasteiger charge is -2.13. The van der Waals surface area contributed by atoms with Gasteiger partial charge in [-0.1, -0.05) is 15.9 Å². The molecule has 0 amide bonds. The standard InChI is InChI=1S/C8H3BrClF5/c9-6-2-1-4(8(13,14)15)3-5(6)7(10,11)12/h1-3H. The quantitative estimate of drug-likeness (QED) is 0.518. The maximum absolute atomic E-state index is 12.7. The smallest absolute Gasteiger partial charge is 0.183 e. The number of alkyl halides is 6. The van der Waals surface area contributed by atoms with E-state index in [1.165, 1.54) is 0 Å². The molecule has 1 rings (SSSR count). The summed E-state index contributed by atoms with van der Waals surface area (Å²) in [6.45, 7) is 0. The van der Waals surface area contributed by atoms with Gasteiger partial charge < -0.3 is 0 Å². The Hall–Kier alpha value is -0.360. The molecule has 0 aliphatic rings. The van der Waals surface area contributed by atoms with Crippen molar-refractivity contribution >= 4 is 27.5 Å². The van der Waals surface area contributed by atoms with Crippen LogP contribution in [0.2, 0.25) is 0 Å². The van der Waals surface area contributed by atoms with E-state index in [1.807, 2.05) is 0 Å². The molecule has 0 aromatic heterocycles. The van der Waals surface area contributed by atoms with Crippen molar-refractivity contribution in [3.05, 3.63) is 33.8 Å². The fraction of sp³-hybridized carbons (Fsp3) is 0.250. The van der Waals surface area contributed by atoms with Crippen molar-refractivity contribution in [3.63, 3.8) is 0 Å². The first-order valence-electron chi connectivity index (χ1n) is 3.56. The van der Waals surface area contributed by atoms with Crippen LogP contribution in [0.5, 0.6) is 0 Å². The monoisotopic (exact) mass is 308 g/mol. The molecule has 0 aliphatic heterocycles. The highest BCUT2D eigenvalue weighted by Gasteiger charge is 2.36. The van der Waals surface area contributed by atoms with Gasteiger partial charge in [-0.25, -0.2) is 0 Å². The van der Waals surface area contributed by atoms with Crippen LogP contribution in [0.3, 0.4) is 0 Å².